The molecule has 2 aliphatic rings. The number of benzene rings is 2. The van der Waals surface area contributed by atoms with Crippen LogP contribution in [0.1, 0.15) is 17.7 Å². The molecule has 1 N–H and O–H groups in total. The third-order valence-corrected chi connectivity index (χ3v) is 9.78. The molecule has 2 aliphatic heterocycles. The van der Waals surface area contributed by atoms with E-state index in [1.54, 1.807) is 11.8 Å². The summed E-state index contributed by atoms with van der Waals surface area (Å²) in [5, 5.41) is 3.83. The largest absolute Gasteiger partial charge is 0.301 e. The van der Waals surface area contributed by atoms with E-state index in [1.165, 1.54) is 44.8 Å². The van der Waals surface area contributed by atoms with Gasteiger partial charge in [-0.25, -0.2) is 13.4 Å². The quantitative estimate of drug-likeness (QED) is 0.563. The number of thiazole rings is 1. The number of halogens is 1. The van der Waals surface area contributed by atoms with E-state index in [-0.39, 0.29) is 10.8 Å². The van der Waals surface area contributed by atoms with Crippen molar-refractivity contribution in [2.45, 2.75) is 34.4 Å². The van der Waals surface area contributed by atoms with E-state index >= 15 is 0 Å². The fourth-order valence-electron chi connectivity index (χ4n) is 3.87. The molecule has 10 heteroatoms. The van der Waals surface area contributed by atoms with Gasteiger partial charge < -0.3 is 5.32 Å². The maximum Gasteiger partial charge on any atom is 0.244 e. The van der Waals surface area contributed by atoms with Gasteiger partial charge in [-0.05, 0) is 43.2 Å². The highest BCUT2D eigenvalue weighted by Crippen LogP contribution is 2.44. The molecular weight excluding hydrogens is 474 g/mol. The lowest BCUT2D eigenvalue weighted by Crippen LogP contribution is -2.43. The van der Waals surface area contributed by atoms with Crippen LogP contribution in [0.5, 0.6) is 0 Å². The van der Waals surface area contributed by atoms with Crippen LogP contribution < -0.4 is 5.32 Å². The van der Waals surface area contributed by atoms with Crippen molar-refractivity contribution in [1.29, 1.82) is 0 Å². The van der Waals surface area contributed by atoms with Crippen LogP contribution in [0.4, 0.5) is 5.13 Å². The Bertz CT molecular complexity index is 1260. The van der Waals surface area contributed by atoms with Gasteiger partial charge >= 0.3 is 0 Å². The lowest BCUT2D eigenvalue weighted by molar-refractivity contribution is -0.119. The molecule has 1 atom stereocenters. The van der Waals surface area contributed by atoms with Gasteiger partial charge in [-0.3, -0.25) is 4.79 Å². The zero-order chi connectivity index (χ0) is 21.6. The third-order valence-electron chi connectivity index (χ3n) is 5.35. The van der Waals surface area contributed by atoms with E-state index in [1.807, 2.05) is 18.2 Å². The van der Waals surface area contributed by atoms with Gasteiger partial charge in [-0.2, -0.15) is 4.31 Å². The summed E-state index contributed by atoms with van der Waals surface area (Å²) < 4.78 is 27.5. The minimum absolute atomic E-state index is 0.134. The predicted molar refractivity (Wildman–Crippen MR) is 124 cm³/mol. The van der Waals surface area contributed by atoms with Gasteiger partial charge in [0.05, 0.1) is 10.6 Å². The molecule has 0 radical (unpaired) electrons. The van der Waals surface area contributed by atoms with Gasteiger partial charge in [0.25, 0.3) is 0 Å². The van der Waals surface area contributed by atoms with Crippen molar-refractivity contribution in [2.75, 3.05) is 11.9 Å². The van der Waals surface area contributed by atoms with E-state index in [9.17, 15) is 13.2 Å². The zero-order valence-corrected chi connectivity index (χ0v) is 19.5. The summed E-state index contributed by atoms with van der Waals surface area (Å²) in [6, 6.07) is 13.3. The lowest BCUT2D eigenvalue weighted by Gasteiger charge is -2.23. The Hall–Kier alpha value is -1.91. The van der Waals surface area contributed by atoms with Gasteiger partial charge in [0.15, 0.2) is 5.13 Å². The second-order valence-electron chi connectivity index (χ2n) is 7.29. The maximum absolute atomic E-state index is 13.1. The Morgan fingerprint density at radius 2 is 1.94 bits per heavy atom. The summed E-state index contributed by atoms with van der Waals surface area (Å²) >= 11 is 9.08. The number of nitrogens with zero attached hydrogens (tertiary/aromatic N) is 2. The Kier molecular flexibility index (Phi) is 5.56. The van der Waals surface area contributed by atoms with E-state index in [2.05, 4.69) is 16.4 Å². The first-order chi connectivity index (χ1) is 14.9. The normalized spacial score (nSPS) is 18.4. The molecule has 0 bridgehead atoms. The number of amides is 1. The Morgan fingerprint density at radius 3 is 2.74 bits per heavy atom. The topological polar surface area (TPSA) is 79.4 Å². The predicted octanol–water partition coefficient (Wildman–Crippen LogP) is 4.86. The molecule has 1 fully saturated rings. The fourth-order valence-corrected chi connectivity index (χ4v) is 7.75. The highest BCUT2D eigenvalue weighted by atomic mass is 35.5. The first-order valence-corrected chi connectivity index (χ1v) is 13.4. The van der Waals surface area contributed by atoms with Gasteiger partial charge in [-0.15, -0.1) is 23.1 Å². The second-order valence-corrected chi connectivity index (χ2v) is 11.7. The summed E-state index contributed by atoms with van der Waals surface area (Å²) in [6.45, 7) is 0.307. The third kappa shape index (κ3) is 3.89. The highest BCUT2D eigenvalue weighted by Gasteiger charge is 2.39. The van der Waals surface area contributed by atoms with Crippen LogP contribution >= 0.6 is 34.7 Å². The average Bonchev–Trinajstić information content (AvgIpc) is 3.41. The summed E-state index contributed by atoms with van der Waals surface area (Å²) in [4.78, 5) is 20.1. The van der Waals surface area contributed by atoms with E-state index < -0.39 is 16.1 Å². The number of sulfonamides is 1. The molecule has 0 spiro atoms. The standard InChI is InChI=1S/C21H18ClN3O3S3/c22-13-7-9-14(10-8-13)31(27,28)25-11-3-5-16(25)20(26)24-21-23-19-15-4-1-2-6-17(15)29-12-18(19)30-21/h1-2,4,6-10,16H,3,5,11-12H2,(H,23,24,26). The lowest BCUT2D eigenvalue weighted by atomic mass is 10.1. The molecule has 3 heterocycles. The Labute approximate surface area is 193 Å². The first kappa shape index (κ1) is 21.0. The van der Waals surface area contributed by atoms with Gasteiger partial charge in [0.1, 0.15) is 6.04 Å². The van der Waals surface area contributed by atoms with Crippen LogP contribution in [0.2, 0.25) is 5.02 Å². The van der Waals surface area contributed by atoms with Crippen LogP contribution in [0.15, 0.2) is 58.3 Å². The van der Waals surface area contributed by atoms with E-state index in [4.69, 9.17) is 11.6 Å². The van der Waals surface area contributed by atoms with Crippen molar-refractivity contribution in [2.24, 2.45) is 0 Å². The van der Waals surface area contributed by atoms with Crippen LogP contribution in [0.25, 0.3) is 11.3 Å². The number of anilines is 1. The Balaban J connectivity index is 1.37. The van der Waals surface area contributed by atoms with Crippen molar-refractivity contribution in [3.05, 3.63) is 58.4 Å². The highest BCUT2D eigenvalue weighted by molar-refractivity contribution is 7.98. The first-order valence-electron chi connectivity index (χ1n) is 9.74. The van der Waals surface area contributed by atoms with Crippen molar-refractivity contribution in [1.82, 2.24) is 9.29 Å². The molecule has 0 aliphatic carbocycles. The van der Waals surface area contributed by atoms with Crippen molar-refractivity contribution >= 4 is 55.8 Å². The average molecular weight is 492 g/mol. The van der Waals surface area contributed by atoms with Crippen molar-refractivity contribution in [3.63, 3.8) is 0 Å². The fraction of sp³-hybridized carbons (Fsp3) is 0.238. The molecule has 2 aromatic carbocycles. The molecule has 1 saturated heterocycles. The minimum atomic E-state index is -3.79. The molecule has 31 heavy (non-hydrogen) atoms. The van der Waals surface area contributed by atoms with Gasteiger partial charge in [-0.1, -0.05) is 29.8 Å². The maximum atomic E-state index is 13.1. The number of fused-ring (bicyclic) bond motifs is 3. The number of thioether (sulfide) groups is 1. The smallest absolute Gasteiger partial charge is 0.244 e. The summed E-state index contributed by atoms with van der Waals surface area (Å²) in [7, 11) is -3.79. The summed E-state index contributed by atoms with van der Waals surface area (Å²) in [5.41, 5.74) is 1.96. The molecule has 6 nitrogen and oxygen atoms in total. The monoisotopic (exact) mass is 491 g/mol. The Morgan fingerprint density at radius 1 is 1.16 bits per heavy atom. The number of hydrogen-bond donors (Lipinski definition) is 1. The molecule has 0 saturated carbocycles. The van der Waals surface area contributed by atoms with Gasteiger partial charge in [0, 0.05) is 32.7 Å². The second kappa shape index (κ2) is 8.22. The molecule has 1 aromatic heterocycles. The molecule has 160 valence electrons. The number of nitrogens with one attached hydrogen (secondary N) is 1. The van der Waals surface area contributed by atoms with E-state index in [0.29, 0.717) is 29.5 Å². The van der Waals surface area contributed by atoms with Crippen LogP contribution in [-0.4, -0.2) is 36.2 Å². The number of carbonyl (C=O) groups excluding carboxylic acids is 1. The number of aromatic nitrogens is 1. The number of carbonyl (C=O) groups is 1. The molecular formula is C21H18ClN3O3S3. The zero-order valence-electron chi connectivity index (χ0n) is 16.2. The summed E-state index contributed by atoms with van der Waals surface area (Å²) in [6.07, 6.45) is 1.10. The minimum Gasteiger partial charge on any atom is -0.301 e. The number of rotatable bonds is 4. The molecule has 1 amide bonds. The molecule has 1 unspecified atom stereocenters. The molecule has 3 aromatic rings. The van der Waals surface area contributed by atoms with Gasteiger partial charge in [0.2, 0.25) is 15.9 Å². The molecule has 5 rings (SSSR count). The van der Waals surface area contributed by atoms with Crippen LogP contribution in [0, 0.1) is 0 Å². The van der Waals surface area contributed by atoms with Crippen molar-refractivity contribution in [3.8, 4) is 11.3 Å². The number of hydrogen-bond acceptors (Lipinski definition) is 6. The van der Waals surface area contributed by atoms with E-state index in [0.717, 1.165) is 21.9 Å². The van der Waals surface area contributed by atoms with Crippen LogP contribution in [-0.2, 0) is 20.6 Å². The summed E-state index contributed by atoms with van der Waals surface area (Å²) in [5.74, 6) is 0.461. The van der Waals surface area contributed by atoms with Crippen LogP contribution in [0.3, 0.4) is 0 Å². The SMILES string of the molecule is O=C(Nc1nc2c(s1)CSc1ccccc1-2)C1CCCN1S(=O)(=O)c1ccc(Cl)cc1. The van der Waals surface area contributed by atoms with Crippen molar-refractivity contribution < 1.29 is 13.2 Å².